The van der Waals surface area contributed by atoms with E-state index in [4.69, 9.17) is 14.3 Å². The summed E-state index contributed by atoms with van der Waals surface area (Å²) in [4.78, 5) is 11.2. The van der Waals surface area contributed by atoms with Gasteiger partial charge in [0.25, 0.3) is 0 Å². The Morgan fingerprint density at radius 2 is 2.21 bits per heavy atom. The van der Waals surface area contributed by atoms with Crippen LogP contribution in [0.3, 0.4) is 0 Å². The van der Waals surface area contributed by atoms with Crippen molar-refractivity contribution in [2.75, 3.05) is 0 Å². The lowest BCUT2D eigenvalue weighted by Gasteiger charge is -2.04. The number of rotatable bonds is 3. The van der Waals surface area contributed by atoms with Gasteiger partial charge in [0.15, 0.2) is 10.6 Å². The average Bonchev–Trinajstić information content (AvgIpc) is 2.98. The number of benzene rings is 1. The van der Waals surface area contributed by atoms with Gasteiger partial charge >= 0.3 is 5.97 Å². The molecule has 5 heteroatoms. The molecular formula is C14H10O4S. The largest absolute Gasteiger partial charge is 0.477 e. The monoisotopic (exact) mass is 274 g/mol. The number of carboxylic acids is 1. The van der Waals surface area contributed by atoms with Crippen LogP contribution in [0.15, 0.2) is 40.3 Å². The summed E-state index contributed by atoms with van der Waals surface area (Å²) in [5.41, 5.74) is 1.80. The van der Waals surface area contributed by atoms with E-state index in [1.54, 1.807) is 23.8 Å². The van der Waals surface area contributed by atoms with Crippen LogP contribution < -0.4 is 4.74 Å². The Balaban J connectivity index is 1.98. The number of furan rings is 1. The van der Waals surface area contributed by atoms with Gasteiger partial charge in [0.1, 0.15) is 11.3 Å². The van der Waals surface area contributed by atoms with Crippen LogP contribution in [0.5, 0.6) is 11.5 Å². The highest BCUT2D eigenvalue weighted by Gasteiger charge is 2.14. The van der Waals surface area contributed by atoms with Crippen LogP contribution in [0.2, 0.25) is 0 Å². The quantitative estimate of drug-likeness (QED) is 0.773. The maximum atomic E-state index is 11.0. The number of aryl methyl sites for hydroxylation is 1. The predicted octanol–water partition coefficient (Wildman–Crippen LogP) is 4.29. The van der Waals surface area contributed by atoms with Gasteiger partial charge in [0.2, 0.25) is 0 Å². The van der Waals surface area contributed by atoms with Crippen LogP contribution in [0.25, 0.3) is 11.0 Å². The van der Waals surface area contributed by atoms with Gasteiger partial charge in [-0.3, -0.25) is 0 Å². The smallest absolute Gasteiger partial charge is 0.349 e. The molecule has 0 unspecified atom stereocenters. The summed E-state index contributed by atoms with van der Waals surface area (Å²) in [6.45, 7) is 1.95. The highest BCUT2D eigenvalue weighted by Crippen LogP contribution is 2.32. The summed E-state index contributed by atoms with van der Waals surface area (Å²) in [5.74, 6) is -0.0264. The van der Waals surface area contributed by atoms with Crippen LogP contribution in [-0.4, -0.2) is 11.1 Å². The lowest BCUT2D eigenvalue weighted by atomic mass is 10.2. The predicted molar refractivity (Wildman–Crippen MR) is 72.3 cm³/mol. The first kappa shape index (κ1) is 11.8. The van der Waals surface area contributed by atoms with Gasteiger partial charge < -0.3 is 14.3 Å². The second-order valence-electron chi connectivity index (χ2n) is 4.10. The summed E-state index contributed by atoms with van der Waals surface area (Å²) in [6.07, 6.45) is 1.68. The molecule has 0 saturated carbocycles. The maximum Gasteiger partial charge on any atom is 0.349 e. The van der Waals surface area contributed by atoms with Gasteiger partial charge in [-0.25, -0.2) is 4.79 Å². The number of ether oxygens (including phenoxy) is 1. The van der Waals surface area contributed by atoms with E-state index in [0.29, 0.717) is 11.5 Å². The Hall–Kier alpha value is -2.27. The fourth-order valence-electron chi connectivity index (χ4n) is 1.86. The molecular weight excluding hydrogens is 264 g/mol. The Labute approximate surface area is 112 Å². The van der Waals surface area contributed by atoms with Crippen molar-refractivity contribution in [2.24, 2.45) is 0 Å². The molecule has 0 saturated heterocycles. The zero-order valence-corrected chi connectivity index (χ0v) is 10.9. The van der Waals surface area contributed by atoms with Gasteiger partial charge in [-0.05, 0) is 42.1 Å². The number of hydrogen-bond donors (Lipinski definition) is 1. The van der Waals surface area contributed by atoms with Crippen LogP contribution in [0.1, 0.15) is 15.2 Å². The Morgan fingerprint density at radius 3 is 3.00 bits per heavy atom. The lowest BCUT2D eigenvalue weighted by molar-refractivity contribution is 0.0700. The Kier molecular flexibility index (Phi) is 2.76. The minimum atomic E-state index is -0.981. The standard InChI is InChI=1S/C14H10O4S/c1-8-7-17-11-3-2-9(6-10(8)11)18-12-4-5-19-13(12)14(15)16/h2-7H,1H3,(H,15,16). The van der Waals surface area contributed by atoms with Crippen molar-refractivity contribution in [3.05, 3.63) is 46.3 Å². The van der Waals surface area contributed by atoms with Crippen molar-refractivity contribution in [2.45, 2.75) is 6.92 Å². The summed E-state index contributed by atoms with van der Waals surface area (Å²) in [5, 5.41) is 11.7. The minimum Gasteiger partial charge on any atom is -0.477 e. The number of hydrogen-bond acceptors (Lipinski definition) is 4. The van der Waals surface area contributed by atoms with Gasteiger partial charge in [-0.15, -0.1) is 11.3 Å². The zero-order chi connectivity index (χ0) is 13.4. The average molecular weight is 274 g/mol. The van der Waals surface area contributed by atoms with Gasteiger partial charge in [0, 0.05) is 5.39 Å². The summed E-state index contributed by atoms with van der Waals surface area (Å²) >= 11 is 1.14. The molecule has 0 fully saturated rings. The van der Waals surface area contributed by atoms with Gasteiger partial charge in [-0.2, -0.15) is 0 Å². The van der Waals surface area contributed by atoms with E-state index in [1.165, 1.54) is 0 Å². The van der Waals surface area contributed by atoms with Gasteiger partial charge in [0.05, 0.1) is 6.26 Å². The third kappa shape index (κ3) is 2.08. The highest BCUT2D eigenvalue weighted by molar-refractivity contribution is 7.12. The first-order valence-electron chi connectivity index (χ1n) is 5.61. The van der Waals surface area contributed by atoms with Crippen LogP contribution in [0, 0.1) is 6.92 Å². The third-order valence-electron chi connectivity index (χ3n) is 2.79. The van der Waals surface area contributed by atoms with E-state index >= 15 is 0 Å². The summed E-state index contributed by atoms with van der Waals surface area (Å²) < 4.78 is 11.0. The van der Waals surface area contributed by atoms with Crippen molar-refractivity contribution >= 4 is 28.3 Å². The Bertz CT molecular complexity index is 754. The molecule has 19 heavy (non-hydrogen) atoms. The molecule has 0 aliphatic heterocycles. The molecule has 0 amide bonds. The fourth-order valence-corrected chi connectivity index (χ4v) is 2.51. The maximum absolute atomic E-state index is 11.0. The van der Waals surface area contributed by atoms with Crippen LogP contribution in [-0.2, 0) is 0 Å². The topological polar surface area (TPSA) is 59.7 Å². The molecule has 0 spiro atoms. The van der Waals surface area contributed by atoms with E-state index in [2.05, 4.69) is 0 Å². The first-order valence-corrected chi connectivity index (χ1v) is 6.49. The minimum absolute atomic E-state index is 0.198. The molecule has 96 valence electrons. The number of carbonyl (C=O) groups is 1. The van der Waals surface area contributed by atoms with Crippen molar-refractivity contribution < 1.29 is 19.1 Å². The van der Waals surface area contributed by atoms with Crippen molar-refractivity contribution in [3.8, 4) is 11.5 Å². The Morgan fingerprint density at radius 1 is 1.37 bits per heavy atom. The van der Waals surface area contributed by atoms with E-state index in [0.717, 1.165) is 27.9 Å². The van der Waals surface area contributed by atoms with Crippen molar-refractivity contribution in [3.63, 3.8) is 0 Å². The molecule has 0 radical (unpaired) electrons. The van der Waals surface area contributed by atoms with E-state index in [9.17, 15) is 4.79 Å². The molecule has 0 atom stereocenters. The van der Waals surface area contributed by atoms with E-state index in [-0.39, 0.29) is 4.88 Å². The molecule has 3 aromatic rings. The molecule has 1 N–H and O–H groups in total. The first-order chi connectivity index (χ1) is 9.15. The number of aromatic carboxylic acids is 1. The number of carboxylic acid groups (broad SMARTS) is 1. The molecule has 0 aliphatic carbocycles. The normalized spacial score (nSPS) is 10.8. The number of fused-ring (bicyclic) bond motifs is 1. The van der Waals surface area contributed by atoms with Gasteiger partial charge in [-0.1, -0.05) is 0 Å². The lowest BCUT2D eigenvalue weighted by Crippen LogP contribution is -1.95. The zero-order valence-electron chi connectivity index (χ0n) is 10.0. The van der Waals surface area contributed by atoms with Crippen LogP contribution in [0.4, 0.5) is 0 Å². The molecule has 0 bridgehead atoms. The fraction of sp³-hybridized carbons (Fsp3) is 0.0714. The molecule has 2 heterocycles. The SMILES string of the molecule is Cc1coc2ccc(Oc3ccsc3C(=O)O)cc12. The summed E-state index contributed by atoms with van der Waals surface area (Å²) in [6, 6.07) is 7.07. The second-order valence-corrected chi connectivity index (χ2v) is 5.01. The van der Waals surface area contributed by atoms with Crippen molar-refractivity contribution in [1.82, 2.24) is 0 Å². The molecule has 2 aromatic heterocycles. The molecule has 3 rings (SSSR count). The molecule has 1 aromatic carbocycles. The van der Waals surface area contributed by atoms with E-state index in [1.807, 2.05) is 19.1 Å². The number of thiophene rings is 1. The second kappa shape index (κ2) is 4.44. The van der Waals surface area contributed by atoms with E-state index < -0.39 is 5.97 Å². The molecule has 0 aliphatic rings. The highest BCUT2D eigenvalue weighted by atomic mass is 32.1. The van der Waals surface area contributed by atoms with Crippen LogP contribution >= 0.6 is 11.3 Å². The summed E-state index contributed by atoms with van der Waals surface area (Å²) in [7, 11) is 0. The van der Waals surface area contributed by atoms with Crippen molar-refractivity contribution in [1.29, 1.82) is 0 Å². The molecule has 4 nitrogen and oxygen atoms in total. The third-order valence-corrected chi connectivity index (χ3v) is 3.67.